The maximum atomic E-state index is 12.9. The topological polar surface area (TPSA) is 118 Å². The number of hydrogen-bond donors (Lipinski definition) is 0. The smallest absolute Gasteiger partial charge is 0.342 e. The third-order valence-electron chi connectivity index (χ3n) is 8.20. The first-order valence-corrected chi connectivity index (χ1v) is 12.0. The summed E-state index contributed by atoms with van der Waals surface area (Å²) >= 11 is 0. The van der Waals surface area contributed by atoms with E-state index in [0.717, 1.165) is 11.1 Å². The van der Waals surface area contributed by atoms with E-state index in [2.05, 4.69) is 0 Å². The van der Waals surface area contributed by atoms with E-state index >= 15 is 0 Å². The van der Waals surface area contributed by atoms with Gasteiger partial charge in [0, 0.05) is 33.1 Å². The van der Waals surface area contributed by atoms with Gasteiger partial charge in [0.05, 0.1) is 5.41 Å². The molecule has 35 heavy (non-hydrogen) atoms. The normalized spacial score (nSPS) is 43.6. The van der Waals surface area contributed by atoms with Crippen LogP contribution >= 0.6 is 0 Å². The molecule has 2 heterocycles. The first-order chi connectivity index (χ1) is 16.3. The quantitative estimate of drug-likeness (QED) is 0.255. The lowest BCUT2D eigenvalue weighted by molar-refractivity contribution is -0.197. The first-order valence-electron chi connectivity index (χ1n) is 12.0. The second kappa shape index (κ2) is 8.47. The summed E-state index contributed by atoms with van der Waals surface area (Å²) in [6.07, 6.45) is 2.10. The van der Waals surface area contributed by atoms with Gasteiger partial charge >= 0.3 is 23.9 Å². The van der Waals surface area contributed by atoms with Crippen LogP contribution in [0.4, 0.5) is 0 Å². The van der Waals surface area contributed by atoms with Crippen molar-refractivity contribution in [3.8, 4) is 0 Å². The number of hydrogen-bond acceptors (Lipinski definition) is 9. The summed E-state index contributed by atoms with van der Waals surface area (Å²) in [5, 5.41) is 0. The molecule has 192 valence electrons. The molecule has 0 N–H and O–H groups in total. The van der Waals surface area contributed by atoms with Gasteiger partial charge in [-0.2, -0.15) is 0 Å². The first kappa shape index (κ1) is 25.4. The fourth-order valence-electron chi connectivity index (χ4n) is 6.50. The standard InChI is InChI=1S/C26H34O9/c1-13-8-10-18(31-15(3)27)24(6)19(32-16(4)28)11-9-14(2)21(24)22(33-17(5)29)26-20(12-13)34-23(30)25(26,7)35-26/h9,12,18-22H,8,10-11H2,1-7H3/b13-12-/t18-,19-,20-,21+,22-,24-,25-,26-/m0/s1. The van der Waals surface area contributed by atoms with E-state index in [1.54, 1.807) is 6.92 Å². The molecule has 0 aromatic rings. The van der Waals surface area contributed by atoms with Crippen molar-refractivity contribution in [2.75, 3.05) is 0 Å². The Labute approximate surface area is 205 Å². The number of carbonyl (C=O) groups excluding carboxylic acids is 4. The average Bonchev–Trinajstić information content (AvgIpc) is 3.32. The Morgan fingerprint density at radius 3 is 2.14 bits per heavy atom. The number of fused-ring (bicyclic) bond motifs is 1. The molecule has 1 spiro atoms. The van der Waals surface area contributed by atoms with Crippen LogP contribution in [-0.4, -0.2) is 59.5 Å². The Bertz CT molecular complexity index is 1030. The predicted molar refractivity (Wildman–Crippen MR) is 122 cm³/mol. The maximum Gasteiger partial charge on any atom is 0.342 e. The average molecular weight is 491 g/mol. The lowest BCUT2D eigenvalue weighted by Crippen LogP contribution is -2.61. The zero-order valence-corrected chi connectivity index (χ0v) is 21.3. The van der Waals surface area contributed by atoms with E-state index in [0.29, 0.717) is 19.3 Å². The largest absolute Gasteiger partial charge is 0.462 e. The van der Waals surface area contributed by atoms with Crippen molar-refractivity contribution >= 4 is 23.9 Å². The monoisotopic (exact) mass is 490 g/mol. The van der Waals surface area contributed by atoms with Crippen LogP contribution < -0.4 is 0 Å². The van der Waals surface area contributed by atoms with E-state index in [9.17, 15) is 19.2 Å². The van der Waals surface area contributed by atoms with Crippen LogP contribution in [0.3, 0.4) is 0 Å². The van der Waals surface area contributed by atoms with Crippen LogP contribution in [0.5, 0.6) is 0 Å². The van der Waals surface area contributed by atoms with Crippen molar-refractivity contribution in [1.29, 1.82) is 0 Å². The number of esters is 4. The van der Waals surface area contributed by atoms with Crippen LogP contribution in [0.2, 0.25) is 0 Å². The van der Waals surface area contributed by atoms with Crippen molar-refractivity contribution in [3.05, 3.63) is 23.3 Å². The molecule has 2 aliphatic carbocycles. The van der Waals surface area contributed by atoms with Crippen molar-refractivity contribution in [2.45, 2.75) is 103 Å². The second-order valence-corrected chi connectivity index (χ2v) is 10.6. The summed E-state index contributed by atoms with van der Waals surface area (Å²) in [4.78, 5) is 49.7. The number of rotatable bonds is 3. The molecule has 0 radical (unpaired) electrons. The number of allylic oxidation sites excluding steroid dienone is 1. The van der Waals surface area contributed by atoms with E-state index in [4.69, 9.17) is 23.7 Å². The number of ether oxygens (including phenoxy) is 5. The van der Waals surface area contributed by atoms with Gasteiger partial charge in [0.25, 0.3) is 0 Å². The highest BCUT2D eigenvalue weighted by molar-refractivity contribution is 5.89. The van der Waals surface area contributed by atoms with Crippen molar-refractivity contribution in [2.24, 2.45) is 11.3 Å². The lowest BCUT2D eigenvalue weighted by atomic mass is 9.57. The molecule has 2 fully saturated rings. The maximum absolute atomic E-state index is 12.9. The number of carbonyl (C=O) groups is 4. The van der Waals surface area contributed by atoms with Gasteiger partial charge in [0.2, 0.25) is 0 Å². The molecular weight excluding hydrogens is 456 g/mol. The van der Waals surface area contributed by atoms with Gasteiger partial charge in [0.15, 0.2) is 17.3 Å². The third-order valence-corrected chi connectivity index (χ3v) is 8.20. The second-order valence-electron chi connectivity index (χ2n) is 10.6. The van der Waals surface area contributed by atoms with Crippen LogP contribution in [0.1, 0.15) is 67.7 Å². The van der Waals surface area contributed by atoms with Gasteiger partial charge < -0.3 is 23.7 Å². The Hall–Kier alpha value is -2.68. The molecule has 0 unspecified atom stereocenters. The number of epoxide rings is 1. The molecule has 8 atom stereocenters. The van der Waals surface area contributed by atoms with E-state index < -0.39 is 70.8 Å². The molecule has 0 aromatic carbocycles. The molecule has 0 amide bonds. The van der Waals surface area contributed by atoms with E-state index in [-0.39, 0.29) is 0 Å². The van der Waals surface area contributed by atoms with Crippen LogP contribution in [0.15, 0.2) is 23.3 Å². The van der Waals surface area contributed by atoms with Gasteiger partial charge in [-0.15, -0.1) is 0 Å². The fourth-order valence-corrected chi connectivity index (χ4v) is 6.50. The van der Waals surface area contributed by atoms with E-state index in [1.807, 2.05) is 32.9 Å². The zero-order valence-electron chi connectivity index (χ0n) is 21.3. The van der Waals surface area contributed by atoms with Crippen molar-refractivity contribution in [3.63, 3.8) is 0 Å². The Morgan fingerprint density at radius 1 is 0.971 bits per heavy atom. The minimum absolute atomic E-state index is 0.405. The molecule has 2 aliphatic heterocycles. The summed E-state index contributed by atoms with van der Waals surface area (Å²) in [7, 11) is 0. The molecule has 0 aromatic heterocycles. The molecule has 9 heteroatoms. The van der Waals surface area contributed by atoms with Crippen LogP contribution in [-0.2, 0) is 42.9 Å². The third kappa shape index (κ3) is 3.79. The Kier molecular flexibility index (Phi) is 6.15. The minimum atomic E-state index is -1.31. The van der Waals surface area contributed by atoms with Crippen LogP contribution in [0, 0.1) is 11.3 Å². The molecule has 4 aliphatic rings. The van der Waals surface area contributed by atoms with Crippen molar-refractivity contribution < 1.29 is 42.9 Å². The molecule has 0 bridgehead atoms. The molecular formula is C26H34O9. The molecule has 4 rings (SSSR count). The zero-order chi connectivity index (χ0) is 25.9. The van der Waals surface area contributed by atoms with Gasteiger partial charge in [-0.25, -0.2) is 4.79 Å². The highest BCUT2D eigenvalue weighted by Crippen LogP contribution is 2.65. The highest BCUT2D eigenvalue weighted by Gasteiger charge is 2.87. The van der Waals surface area contributed by atoms with Crippen LogP contribution in [0.25, 0.3) is 0 Å². The summed E-state index contributed by atoms with van der Waals surface area (Å²) in [5.74, 6) is -2.60. The minimum Gasteiger partial charge on any atom is -0.462 e. The summed E-state index contributed by atoms with van der Waals surface area (Å²) in [5.41, 5.74) is -1.79. The van der Waals surface area contributed by atoms with Gasteiger partial charge in [0.1, 0.15) is 18.3 Å². The molecule has 9 nitrogen and oxygen atoms in total. The lowest BCUT2D eigenvalue weighted by Gasteiger charge is -2.52. The van der Waals surface area contributed by atoms with E-state index in [1.165, 1.54) is 20.8 Å². The van der Waals surface area contributed by atoms with Gasteiger partial charge in [-0.1, -0.05) is 24.1 Å². The van der Waals surface area contributed by atoms with Crippen molar-refractivity contribution in [1.82, 2.24) is 0 Å². The summed E-state index contributed by atoms with van der Waals surface area (Å²) in [6.45, 7) is 11.3. The predicted octanol–water partition coefficient (Wildman–Crippen LogP) is 2.95. The summed E-state index contributed by atoms with van der Waals surface area (Å²) < 4.78 is 29.6. The SMILES string of the molecule is CC(=O)O[C@H]1CC=C(C)[C@@H]2[C@H](OC(C)=O)[C@]34O[C@@]3(C)C(=O)O[C@H]4/C=C(/C)CC[C@H](OC(C)=O)[C@@]12C. The molecule has 2 saturated heterocycles. The Morgan fingerprint density at radius 2 is 1.57 bits per heavy atom. The molecule has 0 saturated carbocycles. The Balaban J connectivity index is 1.98. The highest BCUT2D eigenvalue weighted by atomic mass is 16.7. The fraction of sp³-hybridized carbons (Fsp3) is 0.692. The summed E-state index contributed by atoms with van der Waals surface area (Å²) in [6, 6.07) is 0. The van der Waals surface area contributed by atoms with Gasteiger partial charge in [-0.05, 0) is 39.7 Å². The van der Waals surface area contributed by atoms with Gasteiger partial charge in [-0.3, -0.25) is 14.4 Å².